The van der Waals surface area contributed by atoms with E-state index in [0.717, 1.165) is 5.56 Å². The van der Waals surface area contributed by atoms with Crippen LogP contribution in [0.1, 0.15) is 18.2 Å². The molecule has 2 rings (SSSR count). The lowest BCUT2D eigenvalue weighted by atomic mass is 10.1. The van der Waals surface area contributed by atoms with E-state index >= 15 is 0 Å². The van der Waals surface area contributed by atoms with Crippen molar-refractivity contribution in [2.24, 2.45) is 4.99 Å². The summed E-state index contributed by atoms with van der Waals surface area (Å²) in [6, 6.07) is 10.1. The molecule has 1 aromatic heterocycles. The molecule has 7 heteroatoms. The van der Waals surface area contributed by atoms with Crippen LogP contribution in [0.2, 0.25) is 0 Å². The maximum atomic E-state index is 13.2. The smallest absolute Gasteiger partial charge is 0.242 e. The van der Waals surface area contributed by atoms with Crippen molar-refractivity contribution in [3.63, 3.8) is 0 Å². The molecule has 0 spiro atoms. The van der Waals surface area contributed by atoms with Crippen LogP contribution in [-0.4, -0.2) is 31.5 Å². The summed E-state index contributed by atoms with van der Waals surface area (Å²) in [6.45, 7) is 3.56. The molecule has 0 radical (unpaired) electrons. The number of hydrogen-bond donors (Lipinski definition) is 3. The van der Waals surface area contributed by atoms with Crippen LogP contribution in [0, 0.1) is 5.82 Å². The van der Waals surface area contributed by atoms with E-state index in [9.17, 15) is 9.18 Å². The highest BCUT2D eigenvalue weighted by atomic mass is 19.1. The summed E-state index contributed by atoms with van der Waals surface area (Å²) in [6.07, 6.45) is 2.22. The highest BCUT2D eigenvalue weighted by molar-refractivity contribution is 5.84. The van der Waals surface area contributed by atoms with Gasteiger partial charge < -0.3 is 20.4 Å². The number of guanidine groups is 1. The summed E-state index contributed by atoms with van der Waals surface area (Å²) in [4.78, 5) is 16.1. The van der Waals surface area contributed by atoms with Crippen molar-refractivity contribution in [2.45, 2.75) is 19.9 Å². The predicted octanol–water partition coefficient (Wildman–Crippen LogP) is 1.83. The van der Waals surface area contributed by atoms with Gasteiger partial charge >= 0.3 is 0 Å². The summed E-state index contributed by atoms with van der Waals surface area (Å²) >= 11 is 0. The quantitative estimate of drug-likeness (QED) is 0.503. The average molecular weight is 346 g/mol. The molecule has 0 saturated heterocycles. The Balaban J connectivity index is 1.75. The first-order chi connectivity index (χ1) is 12.2. The summed E-state index contributed by atoms with van der Waals surface area (Å²) in [5, 5.41) is 8.94. The second kappa shape index (κ2) is 10.1. The SMILES string of the molecule is CCNC(=NCC(=O)NCc1ccco1)NCCc1cccc(F)c1. The zero-order valence-corrected chi connectivity index (χ0v) is 14.2. The van der Waals surface area contributed by atoms with Gasteiger partial charge in [-0.2, -0.15) is 0 Å². The summed E-state index contributed by atoms with van der Waals surface area (Å²) < 4.78 is 18.3. The number of benzene rings is 1. The fraction of sp³-hybridized carbons (Fsp3) is 0.333. The topological polar surface area (TPSA) is 78.7 Å². The molecule has 0 bridgehead atoms. The number of aliphatic imine (C=N–C) groups is 1. The number of nitrogens with zero attached hydrogens (tertiary/aromatic N) is 1. The van der Waals surface area contributed by atoms with Gasteiger partial charge in [0.1, 0.15) is 18.1 Å². The van der Waals surface area contributed by atoms with Crippen LogP contribution in [0.3, 0.4) is 0 Å². The minimum absolute atomic E-state index is 0.00993. The molecule has 6 nitrogen and oxygen atoms in total. The number of carbonyl (C=O) groups is 1. The third kappa shape index (κ3) is 7.07. The largest absolute Gasteiger partial charge is 0.467 e. The van der Waals surface area contributed by atoms with Gasteiger partial charge in [0, 0.05) is 13.1 Å². The van der Waals surface area contributed by atoms with Gasteiger partial charge in [0.25, 0.3) is 0 Å². The van der Waals surface area contributed by atoms with Gasteiger partial charge in [0.15, 0.2) is 5.96 Å². The third-order valence-corrected chi connectivity index (χ3v) is 3.36. The molecule has 1 amide bonds. The number of furan rings is 1. The zero-order chi connectivity index (χ0) is 17.9. The number of amides is 1. The molecule has 134 valence electrons. The molecule has 0 fully saturated rings. The van der Waals surface area contributed by atoms with Gasteiger partial charge in [-0.25, -0.2) is 9.38 Å². The molecule has 25 heavy (non-hydrogen) atoms. The number of halogens is 1. The van der Waals surface area contributed by atoms with Gasteiger partial charge in [-0.3, -0.25) is 4.79 Å². The van der Waals surface area contributed by atoms with Crippen LogP contribution >= 0.6 is 0 Å². The Hall–Kier alpha value is -2.83. The molecule has 3 N–H and O–H groups in total. The minimum atomic E-state index is -0.244. The Kier molecular flexibility index (Phi) is 7.49. The average Bonchev–Trinajstić information content (AvgIpc) is 3.11. The van der Waals surface area contributed by atoms with E-state index in [1.807, 2.05) is 13.0 Å². The molecule has 0 aliphatic heterocycles. The normalized spacial score (nSPS) is 11.2. The highest BCUT2D eigenvalue weighted by Gasteiger charge is 2.04. The highest BCUT2D eigenvalue weighted by Crippen LogP contribution is 2.03. The fourth-order valence-electron chi connectivity index (χ4n) is 2.17. The number of hydrogen-bond acceptors (Lipinski definition) is 3. The first-order valence-corrected chi connectivity index (χ1v) is 8.23. The van der Waals surface area contributed by atoms with E-state index in [2.05, 4.69) is 20.9 Å². The molecular weight excluding hydrogens is 323 g/mol. The Morgan fingerprint density at radius 1 is 1.20 bits per heavy atom. The van der Waals surface area contributed by atoms with Gasteiger partial charge in [-0.1, -0.05) is 12.1 Å². The van der Waals surface area contributed by atoms with Crippen LogP contribution in [0.4, 0.5) is 4.39 Å². The van der Waals surface area contributed by atoms with E-state index in [1.54, 1.807) is 24.5 Å². The summed E-state index contributed by atoms with van der Waals surface area (Å²) in [5.41, 5.74) is 0.902. The van der Waals surface area contributed by atoms with E-state index in [1.165, 1.54) is 12.1 Å². The lowest BCUT2D eigenvalue weighted by Crippen LogP contribution is -2.39. The molecule has 1 heterocycles. The molecule has 0 atom stereocenters. The molecule has 0 aliphatic rings. The van der Waals surface area contributed by atoms with Gasteiger partial charge in [0.05, 0.1) is 12.8 Å². The fourth-order valence-corrected chi connectivity index (χ4v) is 2.17. The molecule has 1 aromatic carbocycles. The standard InChI is InChI=1S/C18H23FN4O2/c1-2-20-18(21-9-8-14-5-3-6-15(19)11-14)23-13-17(24)22-12-16-7-4-10-25-16/h3-7,10-11H,2,8-9,12-13H2,1H3,(H,22,24)(H2,20,21,23). The first kappa shape index (κ1) is 18.5. The van der Waals surface area contributed by atoms with Crippen molar-refractivity contribution in [1.82, 2.24) is 16.0 Å². The van der Waals surface area contributed by atoms with Crippen molar-refractivity contribution in [1.29, 1.82) is 0 Å². The van der Waals surface area contributed by atoms with Crippen LogP contribution in [0.15, 0.2) is 52.1 Å². The van der Waals surface area contributed by atoms with Crippen LogP contribution in [-0.2, 0) is 17.8 Å². The van der Waals surface area contributed by atoms with Crippen LogP contribution < -0.4 is 16.0 Å². The summed E-state index contributed by atoms with van der Waals surface area (Å²) in [5.74, 6) is 0.801. The van der Waals surface area contributed by atoms with Crippen molar-refractivity contribution in [3.05, 3.63) is 59.8 Å². The number of nitrogens with one attached hydrogen (secondary N) is 3. The second-order valence-corrected chi connectivity index (χ2v) is 5.36. The van der Waals surface area contributed by atoms with E-state index in [0.29, 0.717) is 37.8 Å². The van der Waals surface area contributed by atoms with Crippen LogP contribution in [0.5, 0.6) is 0 Å². The van der Waals surface area contributed by atoms with Crippen molar-refractivity contribution >= 4 is 11.9 Å². The van der Waals surface area contributed by atoms with Gasteiger partial charge in [0.2, 0.25) is 5.91 Å². The van der Waals surface area contributed by atoms with Crippen LogP contribution in [0.25, 0.3) is 0 Å². The van der Waals surface area contributed by atoms with Crippen molar-refractivity contribution < 1.29 is 13.6 Å². The molecule has 0 saturated carbocycles. The number of carbonyl (C=O) groups excluding carboxylic acids is 1. The van der Waals surface area contributed by atoms with Crippen molar-refractivity contribution in [2.75, 3.05) is 19.6 Å². The lowest BCUT2D eigenvalue weighted by molar-refractivity contribution is -0.119. The Morgan fingerprint density at radius 3 is 2.80 bits per heavy atom. The predicted molar refractivity (Wildman–Crippen MR) is 94.6 cm³/mol. The number of rotatable bonds is 8. The van der Waals surface area contributed by atoms with Gasteiger partial charge in [-0.15, -0.1) is 0 Å². The summed E-state index contributed by atoms with van der Waals surface area (Å²) in [7, 11) is 0. The van der Waals surface area contributed by atoms with Crippen molar-refractivity contribution in [3.8, 4) is 0 Å². The minimum Gasteiger partial charge on any atom is -0.467 e. The van der Waals surface area contributed by atoms with E-state index < -0.39 is 0 Å². The van der Waals surface area contributed by atoms with E-state index in [-0.39, 0.29) is 18.3 Å². The molecular formula is C18H23FN4O2. The second-order valence-electron chi connectivity index (χ2n) is 5.36. The molecule has 0 aliphatic carbocycles. The third-order valence-electron chi connectivity index (χ3n) is 3.36. The monoisotopic (exact) mass is 346 g/mol. The molecule has 2 aromatic rings. The maximum absolute atomic E-state index is 13.2. The van der Waals surface area contributed by atoms with E-state index in [4.69, 9.17) is 4.42 Å². The molecule has 0 unspecified atom stereocenters. The Bertz CT molecular complexity index is 686. The maximum Gasteiger partial charge on any atom is 0.242 e. The Morgan fingerprint density at radius 2 is 2.08 bits per heavy atom. The first-order valence-electron chi connectivity index (χ1n) is 8.23. The van der Waals surface area contributed by atoms with Gasteiger partial charge in [-0.05, 0) is 43.2 Å². The lowest BCUT2D eigenvalue weighted by Gasteiger charge is -2.11. The zero-order valence-electron chi connectivity index (χ0n) is 14.2. The Labute approximate surface area is 146 Å².